The molecule has 0 aromatic heterocycles. The minimum Gasteiger partial charge on any atom is -0.481 e. The fourth-order valence-corrected chi connectivity index (χ4v) is 0.304. The molecule has 0 unspecified atom stereocenters. The Kier molecular flexibility index (Phi) is 8.02. The summed E-state index contributed by atoms with van der Waals surface area (Å²) in [5.41, 5.74) is 4.86. The molecule has 0 amide bonds. The van der Waals surface area contributed by atoms with Crippen LogP contribution < -0.4 is 11.1 Å². The van der Waals surface area contributed by atoms with E-state index in [0.29, 0.717) is 0 Å². The number of carboxylic acid groups (broad SMARTS) is 1. The molecule has 0 aliphatic carbocycles. The van der Waals surface area contributed by atoms with E-state index in [1.54, 1.807) is 0 Å². The van der Waals surface area contributed by atoms with Crippen LogP contribution in [0.4, 0.5) is 0 Å². The number of carbonyl (C=O) groups is 1. The van der Waals surface area contributed by atoms with Crippen LogP contribution in [0.15, 0.2) is 0 Å². The van der Waals surface area contributed by atoms with E-state index in [-0.39, 0.29) is 42.9 Å². The van der Waals surface area contributed by atoms with Gasteiger partial charge in [-0.05, 0) is 0 Å². The van der Waals surface area contributed by atoms with Crippen LogP contribution in [-0.4, -0.2) is 23.6 Å². The Balaban J connectivity index is 0. The minimum absolute atomic E-state index is 0. The van der Waals surface area contributed by atoms with Crippen molar-refractivity contribution in [3.63, 3.8) is 0 Å². The van der Waals surface area contributed by atoms with Gasteiger partial charge >= 0.3 is 5.97 Å². The van der Waals surface area contributed by atoms with Crippen LogP contribution >= 0.6 is 24.0 Å². The molecule has 0 spiro atoms. The molecule has 0 aliphatic rings. The summed E-state index contributed by atoms with van der Waals surface area (Å²) in [6.45, 7) is 0.213. The molecule has 0 bridgehead atoms. The Hall–Kier alpha value is -0.530. The van der Waals surface area contributed by atoms with Crippen molar-refractivity contribution >= 4 is 35.9 Å². The predicted octanol–water partition coefficient (Wildman–Crippen LogP) is -0.438. The fourth-order valence-electron chi connectivity index (χ4n) is 0.304. The van der Waals surface area contributed by atoms with E-state index in [4.69, 9.17) is 16.2 Å². The van der Waals surface area contributed by atoms with Gasteiger partial charge in [0.25, 0.3) is 0 Å². The molecule has 0 atom stereocenters. The van der Waals surface area contributed by atoms with Gasteiger partial charge < -0.3 is 16.2 Å². The molecule has 0 saturated heterocycles. The van der Waals surface area contributed by atoms with Gasteiger partial charge in [0.2, 0.25) is 0 Å². The van der Waals surface area contributed by atoms with Gasteiger partial charge in [-0.25, -0.2) is 0 Å². The van der Waals surface area contributed by atoms with E-state index in [0.717, 1.165) is 0 Å². The quantitative estimate of drug-likeness (QED) is 0.313. The van der Waals surface area contributed by atoms with Gasteiger partial charge in [-0.3, -0.25) is 10.2 Å². The first kappa shape index (κ1) is 12.2. The number of aliphatic carboxylic acids is 1. The van der Waals surface area contributed by atoms with Crippen LogP contribution in [0, 0.1) is 5.41 Å². The number of hydrogen-bond donors (Lipinski definition) is 4. The third kappa shape index (κ3) is 10.5. The summed E-state index contributed by atoms with van der Waals surface area (Å²) in [5, 5.41) is 17.0. The lowest BCUT2D eigenvalue weighted by atomic mass is 10.4. The summed E-state index contributed by atoms with van der Waals surface area (Å²) in [7, 11) is 0. The number of hydrogen-bond acceptors (Lipinski definition) is 2. The molecule has 0 fully saturated rings. The molecule has 0 rings (SSSR count). The van der Waals surface area contributed by atoms with E-state index >= 15 is 0 Å². The van der Waals surface area contributed by atoms with Crippen molar-refractivity contribution in [3.8, 4) is 0 Å². The average Bonchev–Trinajstić information content (AvgIpc) is 1.63. The SMILES string of the molecule is I.N=C(N)NCCC(=O)O. The second-order valence-corrected chi connectivity index (χ2v) is 1.48. The third-order valence-corrected chi connectivity index (χ3v) is 0.654. The summed E-state index contributed by atoms with van der Waals surface area (Å²) >= 11 is 0. The maximum atomic E-state index is 9.83. The van der Waals surface area contributed by atoms with Crippen molar-refractivity contribution < 1.29 is 9.90 Å². The van der Waals surface area contributed by atoms with Gasteiger partial charge in [-0.1, -0.05) is 0 Å². The number of carboxylic acids is 1. The Bertz CT molecular complexity index is 114. The summed E-state index contributed by atoms with van der Waals surface area (Å²) in [4.78, 5) is 9.83. The lowest BCUT2D eigenvalue weighted by molar-refractivity contribution is -0.136. The highest BCUT2D eigenvalue weighted by Crippen LogP contribution is 1.72. The molecular formula is C4H10IN3O2. The number of nitrogens with two attached hydrogens (primary N) is 1. The molecular weight excluding hydrogens is 249 g/mol. The number of guanidine groups is 1. The van der Waals surface area contributed by atoms with Gasteiger partial charge in [-0.15, -0.1) is 24.0 Å². The molecule has 6 heteroatoms. The summed E-state index contributed by atoms with van der Waals surface area (Å²) < 4.78 is 0. The van der Waals surface area contributed by atoms with Crippen molar-refractivity contribution in [3.05, 3.63) is 0 Å². The molecule has 0 aromatic rings. The van der Waals surface area contributed by atoms with Crippen molar-refractivity contribution in [1.82, 2.24) is 5.32 Å². The Morgan fingerprint density at radius 2 is 2.20 bits per heavy atom. The molecule has 0 radical (unpaired) electrons. The zero-order valence-electron chi connectivity index (χ0n) is 5.26. The highest BCUT2D eigenvalue weighted by molar-refractivity contribution is 14.0. The molecule has 60 valence electrons. The lowest BCUT2D eigenvalue weighted by Crippen LogP contribution is -2.31. The first-order chi connectivity index (χ1) is 4.13. The normalized spacial score (nSPS) is 7.60. The zero-order valence-corrected chi connectivity index (χ0v) is 7.59. The van der Waals surface area contributed by atoms with E-state index < -0.39 is 5.97 Å². The van der Waals surface area contributed by atoms with Crippen LogP contribution in [-0.2, 0) is 4.79 Å². The highest BCUT2D eigenvalue weighted by atomic mass is 127. The van der Waals surface area contributed by atoms with Crippen LogP contribution in [0.5, 0.6) is 0 Å². The van der Waals surface area contributed by atoms with Crippen LogP contribution in [0.2, 0.25) is 0 Å². The summed E-state index contributed by atoms with van der Waals surface area (Å²) in [6, 6.07) is 0. The maximum absolute atomic E-state index is 9.83. The number of rotatable bonds is 3. The molecule has 0 saturated carbocycles. The first-order valence-electron chi connectivity index (χ1n) is 2.42. The van der Waals surface area contributed by atoms with Crippen LogP contribution in [0.1, 0.15) is 6.42 Å². The standard InChI is InChI=1S/C4H9N3O2.HI/c5-4(6)7-2-1-3(8)9;/h1-2H2,(H,8,9)(H4,5,6,7);1H. The van der Waals surface area contributed by atoms with Gasteiger partial charge in [0.05, 0.1) is 6.42 Å². The second-order valence-electron chi connectivity index (χ2n) is 1.48. The highest BCUT2D eigenvalue weighted by Gasteiger charge is 1.94. The number of nitrogens with one attached hydrogen (secondary N) is 2. The predicted molar refractivity (Wildman–Crippen MR) is 47.6 cm³/mol. The van der Waals surface area contributed by atoms with E-state index in [9.17, 15) is 4.79 Å². The Morgan fingerprint density at radius 1 is 1.70 bits per heavy atom. The van der Waals surface area contributed by atoms with Crippen molar-refractivity contribution in [2.75, 3.05) is 6.54 Å². The second kappa shape index (κ2) is 6.59. The molecule has 5 N–H and O–H groups in total. The van der Waals surface area contributed by atoms with Crippen LogP contribution in [0.25, 0.3) is 0 Å². The molecule has 10 heavy (non-hydrogen) atoms. The maximum Gasteiger partial charge on any atom is 0.305 e. The van der Waals surface area contributed by atoms with Gasteiger partial charge in [0.15, 0.2) is 5.96 Å². The third-order valence-electron chi connectivity index (χ3n) is 0.654. The summed E-state index contributed by atoms with van der Waals surface area (Å²) in [6.07, 6.45) is -0.0143. The van der Waals surface area contributed by atoms with Crippen molar-refractivity contribution in [2.24, 2.45) is 5.73 Å². The molecule has 0 heterocycles. The molecule has 0 aromatic carbocycles. The average molecular weight is 259 g/mol. The van der Waals surface area contributed by atoms with Crippen molar-refractivity contribution in [2.45, 2.75) is 6.42 Å². The van der Waals surface area contributed by atoms with Gasteiger partial charge in [0, 0.05) is 6.54 Å². The fraction of sp³-hybridized carbons (Fsp3) is 0.500. The topological polar surface area (TPSA) is 99.2 Å². The molecule has 5 nitrogen and oxygen atoms in total. The van der Waals surface area contributed by atoms with Crippen LogP contribution in [0.3, 0.4) is 0 Å². The van der Waals surface area contributed by atoms with Crippen molar-refractivity contribution in [1.29, 1.82) is 5.41 Å². The monoisotopic (exact) mass is 259 g/mol. The first-order valence-corrected chi connectivity index (χ1v) is 2.42. The lowest BCUT2D eigenvalue weighted by Gasteiger charge is -1.97. The van der Waals surface area contributed by atoms with E-state index in [2.05, 4.69) is 5.32 Å². The van der Waals surface area contributed by atoms with E-state index in [1.165, 1.54) is 0 Å². The summed E-state index contributed by atoms with van der Waals surface area (Å²) in [5.74, 6) is -1.10. The Labute approximate surface area is 75.5 Å². The van der Waals surface area contributed by atoms with Gasteiger partial charge in [-0.2, -0.15) is 0 Å². The molecule has 0 aliphatic heterocycles. The number of halogens is 1. The van der Waals surface area contributed by atoms with Gasteiger partial charge in [0.1, 0.15) is 0 Å². The Morgan fingerprint density at radius 3 is 2.50 bits per heavy atom. The smallest absolute Gasteiger partial charge is 0.305 e. The zero-order chi connectivity index (χ0) is 7.28. The van der Waals surface area contributed by atoms with E-state index in [1.807, 2.05) is 0 Å². The largest absolute Gasteiger partial charge is 0.481 e. The minimum atomic E-state index is -0.899.